The summed E-state index contributed by atoms with van der Waals surface area (Å²) in [4.78, 5) is 13.6. The molecule has 1 aromatic carbocycles. The SMILES string of the molecule is CCCCCCCCCCCCN(CCCCCCCCCCCC)c1ccc(C=O)cc1. The Bertz CT molecular complexity index is 514. The normalized spacial score (nSPS) is 11.1. The summed E-state index contributed by atoms with van der Waals surface area (Å²) in [6, 6.07) is 8.20. The van der Waals surface area contributed by atoms with Crippen molar-refractivity contribution in [2.24, 2.45) is 0 Å². The monoisotopic (exact) mass is 457 g/mol. The Hall–Kier alpha value is -1.31. The van der Waals surface area contributed by atoms with Gasteiger partial charge in [0, 0.05) is 24.3 Å². The maximum Gasteiger partial charge on any atom is 0.150 e. The minimum atomic E-state index is 0.775. The number of aldehydes is 1. The van der Waals surface area contributed by atoms with Crippen molar-refractivity contribution in [1.82, 2.24) is 0 Å². The van der Waals surface area contributed by atoms with Gasteiger partial charge in [0.15, 0.2) is 0 Å². The van der Waals surface area contributed by atoms with Gasteiger partial charge in [-0.25, -0.2) is 0 Å². The first-order chi connectivity index (χ1) is 16.3. The van der Waals surface area contributed by atoms with Gasteiger partial charge in [0.25, 0.3) is 0 Å². The van der Waals surface area contributed by atoms with Gasteiger partial charge in [0.2, 0.25) is 0 Å². The Labute approximate surface area is 206 Å². The number of anilines is 1. The Morgan fingerprint density at radius 3 is 1.18 bits per heavy atom. The molecule has 0 spiro atoms. The van der Waals surface area contributed by atoms with Crippen LogP contribution in [-0.4, -0.2) is 19.4 Å². The number of carbonyl (C=O) groups is 1. The molecule has 0 radical (unpaired) electrons. The lowest BCUT2D eigenvalue weighted by molar-refractivity contribution is 0.112. The van der Waals surface area contributed by atoms with E-state index in [9.17, 15) is 4.79 Å². The molecule has 1 rings (SSSR count). The van der Waals surface area contributed by atoms with Crippen molar-refractivity contribution in [1.29, 1.82) is 0 Å². The summed E-state index contributed by atoms with van der Waals surface area (Å²) >= 11 is 0. The van der Waals surface area contributed by atoms with E-state index in [1.165, 1.54) is 134 Å². The molecule has 0 atom stereocenters. The largest absolute Gasteiger partial charge is 0.372 e. The summed E-state index contributed by atoms with van der Waals surface area (Å²) in [7, 11) is 0. The fourth-order valence-electron chi connectivity index (χ4n) is 4.71. The molecular weight excluding hydrogens is 402 g/mol. The molecule has 0 aliphatic rings. The summed E-state index contributed by atoms with van der Waals surface area (Å²) < 4.78 is 0. The molecule has 0 saturated carbocycles. The van der Waals surface area contributed by atoms with E-state index in [1.807, 2.05) is 12.1 Å². The lowest BCUT2D eigenvalue weighted by Crippen LogP contribution is -2.25. The Morgan fingerprint density at radius 2 is 0.848 bits per heavy atom. The molecule has 190 valence electrons. The van der Waals surface area contributed by atoms with Gasteiger partial charge < -0.3 is 4.90 Å². The smallest absolute Gasteiger partial charge is 0.150 e. The maximum atomic E-state index is 11.0. The molecule has 0 unspecified atom stereocenters. The van der Waals surface area contributed by atoms with Crippen molar-refractivity contribution in [2.75, 3.05) is 18.0 Å². The molecule has 0 aliphatic heterocycles. The summed E-state index contributed by atoms with van der Waals surface area (Å²) in [5.41, 5.74) is 2.06. The van der Waals surface area contributed by atoms with E-state index < -0.39 is 0 Å². The van der Waals surface area contributed by atoms with Gasteiger partial charge in [-0.3, -0.25) is 4.79 Å². The zero-order valence-electron chi connectivity index (χ0n) is 22.3. The second-order valence-corrected chi connectivity index (χ2v) is 10.1. The van der Waals surface area contributed by atoms with Crippen LogP contribution in [0.3, 0.4) is 0 Å². The number of hydrogen-bond acceptors (Lipinski definition) is 2. The molecule has 0 heterocycles. The second-order valence-electron chi connectivity index (χ2n) is 10.1. The minimum Gasteiger partial charge on any atom is -0.372 e. The summed E-state index contributed by atoms with van der Waals surface area (Å²) in [5.74, 6) is 0. The van der Waals surface area contributed by atoms with Gasteiger partial charge in [-0.2, -0.15) is 0 Å². The van der Waals surface area contributed by atoms with Crippen molar-refractivity contribution in [2.45, 2.75) is 142 Å². The second kappa shape index (κ2) is 22.5. The van der Waals surface area contributed by atoms with Gasteiger partial charge in [0.1, 0.15) is 6.29 Å². The third-order valence-electron chi connectivity index (χ3n) is 6.96. The van der Waals surface area contributed by atoms with Gasteiger partial charge in [-0.1, -0.05) is 129 Å². The molecule has 0 bridgehead atoms. The van der Waals surface area contributed by atoms with Crippen LogP contribution in [0.4, 0.5) is 5.69 Å². The predicted octanol–water partition coefficient (Wildman–Crippen LogP) is 10.1. The molecule has 33 heavy (non-hydrogen) atoms. The fourth-order valence-corrected chi connectivity index (χ4v) is 4.71. The summed E-state index contributed by atoms with van der Waals surface area (Å²) in [6.07, 6.45) is 28.6. The van der Waals surface area contributed by atoms with E-state index in [2.05, 4.69) is 30.9 Å². The predicted molar refractivity (Wildman–Crippen MR) is 148 cm³/mol. The number of benzene rings is 1. The average Bonchev–Trinajstić information content (AvgIpc) is 2.85. The molecular formula is C31H55NO. The number of unbranched alkanes of at least 4 members (excludes halogenated alkanes) is 18. The van der Waals surface area contributed by atoms with Crippen LogP contribution in [0, 0.1) is 0 Å². The third kappa shape index (κ3) is 16.9. The average molecular weight is 458 g/mol. The molecule has 1 aromatic rings. The number of rotatable bonds is 24. The Kier molecular flexibility index (Phi) is 20.2. The van der Waals surface area contributed by atoms with Crippen molar-refractivity contribution >= 4 is 12.0 Å². The highest BCUT2D eigenvalue weighted by Gasteiger charge is 2.07. The van der Waals surface area contributed by atoms with Crippen LogP contribution in [0.1, 0.15) is 153 Å². The van der Waals surface area contributed by atoms with E-state index in [4.69, 9.17) is 0 Å². The van der Waals surface area contributed by atoms with Crippen LogP contribution < -0.4 is 4.90 Å². The fraction of sp³-hybridized carbons (Fsp3) is 0.774. The number of carbonyl (C=O) groups excluding carboxylic acids is 1. The minimum absolute atomic E-state index is 0.775. The highest BCUT2D eigenvalue weighted by atomic mass is 16.1. The van der Waals surface area contributed by atoms with E-state index in [-0.39, 0.29) is 0 Å². The van der Waals surface area contributed by atoms with Crippen LogP contribution in [-0.2, 0) is 0 Å². The lowest BCUT2D eigenvalue weighted by atomic mass is 10.1. The topological polar surface area (TPSA) is 20.3 Å². The van der Waals surface area contributed by atoms with Crippen LogP contribution in [0.2, 0.25) is 0 Å². The Balaban J connectivity index is 2.22. The van der Waals surface area contributed by atoms with Crippen LogP contribution >= 0.6 is 0 Å². The van der Waals surface area contributed by atoms with Gasteiger partial charge in [-0.15, -0.1) is 0 Å². The van der Waals surface area contributed by atoms with Crippen molar-refractivity contribution in [3.8, 4) is 0 Å². The lowest BCUT2D eigenvalue weighted by Gasteiger charge is -2.25. The third-order valence-corrected chi connectivity index (χ3v) is 6.96. The van der Waals surface area contributed by atoms with Crippen molar-refractivity contribution in [3.05, 3.63) is 29.8 Å². The zero-order valence-corrected chi connectivity index (χ0v) is 22.3. The first-order valence-electron chi connectivity index (χ1n) is 14.6. The Morgan fingerprint density at radius 1 is 0.515 bits per heavy atom. The summed E-state index contributed by atoms with van der Waals surface area (Å²) in [5, 5.41) is 0. The van der Waals surface area contributed by atoms with Crippen molar-refractivity contribution in [3.63, 3.8) is 0 Å². The first-order valence-corrected chi connectivity index (χ1v) is 14.6. The number of hydrogen-bond donors (Lipinski definition) is 0. The molecule has 0 saturated heterocycles. The highest BCUT2D eigenvalue weighted by molar-refractivity contribution is 5.75. The highest BCUT2D eigenvalue weighted by Crippen LogP contribution is 2.19. The molecule has 2 heteroatoms. The zero-order chi connectivity index (χ0) is 23.8. The molecule has 0 amide bonds. The van der Waals surface area contributed by atoms with Crippen LogP contribution in [0.15, 0.2) is 24.3 Å². The number of nitrogens with zero attached hydrogens (tertiary/aromatic N) is 1. The van der Waals surface area contributed by atoms with Crippen LogP contribution in [0.25, 0.3) is 0 Å². The van der Waals surface area contributed by atoms with Crippen LogP contribution in [0.5, 0.6) is 0 Å². The van der Waals surface area contributed by atoms with Gasteiger partial charge in [0.05, 0.1) is 0 Å². The molecule has 0 fully saturated rings. The van der Waals surface area contributed by atoms with Gasteiger partial charge in [-0.05, 0) is 37.1 Å². The molecule has 0 aromatic heterocycles. The van der Waals surface area contributed by atoms with E-state index in [0.29, 0.717) is 0 Å². The quantitative estimate of drug-likeness (QED) is 0.114. The van der Waals surface area contributed by atoms with E-state index in [0.717, 1.165) is 24.9 Å². The van der Waals surface area contributed by atoms with Crippen molar-refractivity contribution < 1.29 is 4.79 Å². The van der Waals surface area contributed by atoms with Gasteiger partial charge >= 0.3 is 0 Å². The van der Waals surface area contributed by atoms with E-state index in [1.54, 1.807) is 0 Å². The maximum absolute atomic E-state index is 11.0. The molecule has 0 N–H and O–H groups in total. The standard InChI is InChI=1S/C31H55NO/c1-3-5-7-9-11-13-15-17-19-21-27-32(31-25-23-30(29-33)24-26-31)28-22-20-18-16-14-12-10-8-6-4-2/h23-26,29H,3-22,27-28H2,1-2H3. The summed E-state index contributed by atoms with van der Waals surface area (Å²) in [6.45, 7) is 6.87. The molecule has 0 aliphatic carbocycles. The molecule has 2 nitrogen and oxygen atoms in total. The van der Waals surface area contributed by atoms with E-state index >= 15 is 0 Å². The first kappa shape index (κ1) is 29.7.